The third-order valence-electron chi connectivity index (χ3n) is 6.25. The Labute approximate surface area is 207 Å². The summed E-state index contributed by atoms with van der Waals surface area (Å²) in [6, 6.07) is 21.8. The molecular formula is C30H33NO4. The Balaban J connectivity index is 1.40. The molecule has 5 heteroatoms. The van der Waals surface area contributed by atoms with Gasteiger partial charge < -0.3 is 9.47 Å². The lowest BCUT2D eigenvalue weighted by molar-refractivity contribution is -0.134. The second-order valence-corrected chi connectivity index (χ2v) is 10.3. The van der Waals surface area contributed by atoms with E-state index in [2.05, 4.69) is 50.4 Å². The first-order valence-electron chi connectivity index (χ1n) is 12.1. The molecule has 0 aliphatic heterocycles. The summed E-state index contributed by atoms with van der Waals surface area (Å²) in [5.41, 5.74) is 6.19. The van der Waals surface area contributed by atoms with Gasteiger partial charge in [0.05, 0.1) is 5.69 Å². The molecule has 3 aromatic rings. The number of fused-ring (bicyclic) bond motifs is 3. The number of carbonyl (C=O) groups is 2. The van der Waals surface area contributed by atoms with Gasteiger partial charge in [0, 0.05) is 12.3 Å². The lowest BCUT2D eigenvalue weighted by Crippen LogP contribution is -2.19. The highest BCUT2D eigenvalue weighted by atomic mass is 16.6. The fourth-order valence-electron chi connectivity index (χ4n) is 4.51. The van der Waals surface area contributed by atoms with Gasteiger partial charge in [0.1, 0.15) is 6.61 Å². The zero-order chi connectivity index (χ0) is 25.0. The highest BCUT2D eigenvalue weighted by molar-refractivity contribution is 5.88. The fraction of sp³-hybridized carbons (Fsp3) is 0.333. The number of carbonyl (C=O) groups excluding carboxylic acids is 2. The third kappa shape index (κ3) is 6.10. The van der Waals surface area contributed by atoms with Crippen LogP contribution >= 0.6 is 0 Å². The molecule has 0 saturated heterocycles. The second-order valence-electron chi connectivity index (χ2n) is 10.3. The van der Waals surface area contributed by atoms with Crippen molar-refractivity contribution in [3.8, 4) is 16.9 Å². The number of rotatable bonds is 7. The first-order chi connectivity index (χ1) is 16.7. The van der Waals surface area contributed by atoms with Crippen molar-refractivity contribution in [2.45, 2.75) is 52.9 Å². The summed E-state index contributed by atoms with van der Waals surface area (Å²) in [5.74, 6) is -0.00988. The van der Waals surface area contributed by atoms with Crippen LogP contribution in [0.15, 0.2) is 66.7 Å². The van der Waals surface area contributed by atoms with Crippen LogP contribution in [0.25, 0.3) is 11.1 Å². The number of hydrogen-bond acceptors (Lipinski definition) is 4. The molecule has 182 valence electrons. The first-order valence-corrected chi connectivity index (χ1v) is 12.1. The van der Waals surface area contributed by atoms with Crippen molar-refractivity contribution in [2.24, 2.45) is 5.41 Å². The maximum absolute atomic E-state index is 12.8. The van der Waals surface area contributed by atoms with Gasteiger partial charge in [0.15, 0.2) is 5.75 Å². The molecule has 0 saturated carbocycles. The van der Waals surface area contributed by atoms with Gasteiger partial charge >= 0.3 is 12.1 Å². The van der Waals surface area contributed by atoms with Crippen LogP contribution in [0.5, 0.6) is 5.75 Å². The van der Waals surface area contributed by atoms with Gasteiger partial charge in [-0.15, -0.1) is 0 Å². The van der Waals surface area contributed by atoms with Gasteiger partial charge in [-0.2, -0.15) is 0 Å². The number of amides is 1. The van der Waals surface area contributed by atoms with Crippen LogP contribution < -0.4 is 10.1 Å². The molecule has 3 aromatic carbocycles. The smallest absolute Gasteiger partial charge is 0.411 e. The number of ether oxygens (including phenoxy) is 2. The Morgan fingerprint density at radius 2 is 1.54 bits per heavy atom. The van der Waals surface area contributed by atoms with E-state index < -0.39 is 6.09 Å². The van der Waals surface area contributed by atoms with E-state index in [1.54, 1.807) is 12.1 Å². The molecule has 0 heterocycles. The molecule has 0 radical (unpaired) electrons. The van der Waals surface area contributed by atoms with Crippen LogP contribution in [0.2, 0.25) is 0 Å². The maximum atomic E-state index is 12.8. The van der Waals surface area contributed by atoms with E-state index in [-0.39, 0.29) is 23.9 Å². The number of nitrogens with one attached hydrogen (secondary N) is 1. The molecule has 1 amide bonds. The summed E-state index contributed by atoms with van der Waals surface area (Å²) in [7, 11) is 0. The van der Waals surface area contributed by atoms with Gasteiger partial charge in [-0.25, -0.2) is 4.79 Å². The zero-order valence-electron chi connectivity index (χ0n) is 20.9. The van der Waals surface area contributed by atoms with Crippen molar-refractivity contribution in [2.75, 3.05) is 11.9 Å². The van der Waals surface area contributed by atoms with Crippen LogP contribution in [-0.4, -0.2) is 18.7 Å². The molecule has 1 aliphatic carbocycles. The van der Waals surface area contributed by atoms with E-state index >= 15 is 0 Å². The fourth-order valence-corrected chi connectivity index (χ4v) is 4.51. The molecule has 5 nitrogen and oxygen atoms in total. The second kappa shape index (κ2) is 10.3. The number of benzene rings is 3. The number of anilines is 1. The molecule has 0 unspecified atom stereocenters. The molecule has 0 atom stereocenters. The summed E-state index contributed by atoms with van der Waals surface area (Å²) >= 11 is 0. The van der Waals surface area contributed by atoms with E-state index in [1.165, 1.54) is 11.1 Å². The minimum absolute atomic E-state index is 0.0224. The van der Waals surface area contributed by atoms with Crippen molar-refractivity contribution in [3.05, 3.63) is 83.4 Å². The van der Waals surface area contributed by atoms with Crippen molar-refractivity contribution >= 4 is 17.7 Å². The van der Waals surface area contributed by atoms with Crippen LogP contribution in [0.3, 0.4) is 0 Å². The van der Waals surface area contributed by atoms with Gasteiger partial charge in [0.25, 0.3) is 0 Å². The average Bonchev–Trinajstić information content (AvgIpc) is 3.12. The highest BCUT2D eigenvalue weighted by Crippen LogP contribution is 2.44. The molecule has 0 fully saturated rings. The number of esters is 1. The Hall–Kier alpha value is -3.60. The van der Waals surface area contributed by atoms with Gasteiger partial charge in [0.2, 0.25) is 0 Å². The topological polar surface area (TPSA) is 64.6 Å². The molecule has 1 N–H and O–H groups in total. The van der Waals surface area contributed by atoms with Crippen molar-refractivity contribution in [3.63, 3.8) is 0 Å². The zero-order valence-corrected chi connectivity index (χ0v) is 20.9. The van der Waals surface area contributed by atoms with Crippen LogP contribution in [-0.2, 0) is 9.53 Å². The normalized spacial score (nSPS) is 12.6. The quantitative estimate of drug-likeness (QED) is 0.287. The molecular weight excluding hydrogens is 438 g/mol. The standard InChI is InChI=1S/C30H33NO4/c1-20-15-16-27(35-28(32)14-9-17-30(2,3)4)26(18-20)31-29(33)34-19-25-23-12-7-5-10-21(23)22-11-6-8-13-24(22)25/h5-8,10-13,15-16,18,25H,9,14,17,19H2,1-4H3,(H,31,33). The summed E-state index contributed by atoms with van der Waals surface area (Å²) in [6.07, 6.45) is 1.43. The van der Waals surface area contributed by atoms with Gasteiger partial charge in [-0.1, -0.05) is 75.4 Å². The first kappa shape index (κ1) is 24.5. The SMILES string of the molecule is Cc1ccc(OC(=O)CCCC(C)(C)C)c(NC(=O)OCC2c3ccccc3-c3ccccc32)c1. The Morgan fingerprint density at radius 1 is 0.914 bits per heavy atom. The van der Waals surface area contributed by atoms with Crippen molar-refractivity contribution in [1.29, 1.82) is 0 Å². The predicted octanol–water partition coefficient (Wildman–Crippen LogP) is 7.48. The monoisotopic (exact) mass is 471 g/mol. The van der Waals surface area contributed by atoms with Gasteiger partial charge in [-0.3, -0.25) is 10.1 Å². The van der Waals surface area contributed by atoms with Crippen molar-refractivity contribution in [1.82, 2.24) is 0 Å². The van der Waals surface area contributed by atoms with E-state index in [4.69, 9.17) is 9.47 Å². The minimum atomic E-state index is -0.581. The summed E-state index contributed by atoms with van der Waals surface area (Å²) in [4.78, 5) is 25.1. The van der Waals surface area contributed by atoms with Crippen LogP contribution in [0, 0.1) is 12.3 Å². The summed E-state index contributed by atoms with van der Waals surface area (Å²) in [5, 5.41) is 2.77. The maximum Gasteiger partial charge on any atom is 0.411 e. The largest absolute Gasteiger partial charge is 0.448 e. The summed E-state index contributed by atoms with van der Waals surface area (Å²) < 4.78 is 11.2. The predicted molar refractivity (Wildman–Crippen MR) is 139 cm³/mol. The lowest BCUT2D eigenvalue weighted by atomic mass is 9.90. The Bertz CT molecular complexity index is 1180. The van der Waals surface area contributed by atoms with Crippen LogP contribution in [0.4, 0.5) is 10.5 Å². The molecule has 4 rings (SSSR count). The minimum Gasteiger partial charge on any atom is -0.448 e. The number of aryl methyl sites for hydroxylation is 1. The lowest BCUT2D eigenvalue weighted by Gasteiger charge is -2.17. The van der Waals surface area contributed by atoms with E-state index in [9.17, 15) is 9.59 Å². The molecule has 0 bridgehead atoms. The van der Waals surface area contributed by atoms with E-state index in [0.717, 1.165) is 29.5 Å². The number of hydrogen-bond donors (Lipinski definition) is 1. The Morgan fingerprint density at radius 3 is 2.17 bits per heavy atom. The van der Waals surface area contributed by atoms with Crippen LogP contribution in [0.1, 0.15) is 62.6 Å². The van der Waals surface area contributed by atoms with E-state index in [1.807, 2.05) is 37.3 Å². The molecule has 35 heavy (non-hydrogen) atoms. The van der Waals surface area contributed by atoms with E-state index in [0.29, 0.717) is 17.9 Å². The molecule has 1 aliphatic rings. The Kier molecular flexibility index (Phi) is 7.25. The third-order valence-corrected chi connectivity index (χ3v) is 6.25. The van der Waals surface area contributed by atoms with Crippen molar-refractivity contribution < 1.29 is 19.1 Å². The van der Waals surface area contributed by atoms with Gasteiger partial charge in [-0.05, 0) is 65.1 Å². The molecule has 0 spiro atoms. The summed E-state index contributed by atoms with van der Waals surface area (Å²) in [6.45, 7) is 8.57. The molecule has 0 aromatic heterocycles. The average molecular weight is 472 g/mol. The highest BCUT2D eigenvalue weighted by Gasteiger charge is 2.29.